The fraction of sp³-hybridized carbons (Fsp3) is 0.517. The van der Waals surface area contributed by atoms with E-state index in [1.165, 1.54) is 17.8 Å². The minimum atomic E-state index is -3.62. The summed E-state index contributed by atoms with van der Waals surface area (Å²) in [5, 5.41) is 3.19. The van der Waals surface area contributed by atoms with Crippen molar-refractivity contribution in [3.05, 3.63) is 65.7 Å². The molecule has 2 aromatic rings. The molecule has 0 spiro atoms. The number of nitrogens with one attached hydrogen (secondary N) is 1. The molecule has 1 aliphatic rings. The third-order valence-electron chi connectivity index (χ3n) is 7.09. The molecule has 1 atom stereocenters. The zero-order valence-corrected chi connectivity index (χ0v) is 23.2. The van der Waals surface area contributed by atoms with E-state index < -0.39 is 16.1 Å². The van der Waals surface area contributed by atoms with Gasteiger partial charge in [0.25, 0.3) is 0 Å². The van der Waals surface area contributed by atoms with Gasteiger partial charge in [0.15, 0.2) is 0 Å². The smallest absolute Gasteiger partial charge is 0.243 e. The second-order valence-corrected chi connectivity index (χ2v) is 12.1. The SMILES string of the molecule is CC[C@@H](C(=O)NC1CCCCC1)N(Cc1cccc(C)c1)C(=O)CCCN(C)S(=O)(=O)c1ccccc1. The third kappa shape index (κ3) is 8.14. The van der Waals surface area contributed by atoms with Gasteiger partial charge in [-0.25, -0.2) is 12.7 Å². The van der Waals surface area contributed by atoms with Crippen LogP contribution in [0.3, 0.4) is 0 Å². The van der Waals surface area contributed by atoms with E-state index in [1.54, 1.807) is 35.2 Å². The van der Waals surface area contributed by atoms with Crippen LogP contribution in [0.2, 0.25) is 0 Å². The molecular formula is C29H41N3O4S. The predicted octanol–water partition coefficient (Wildman–Crippen LogP) is 4.65. The summed E-state index contributed by atoms with van der Waals surface area (Å²) in [5.74, 6) is -0.239. The maximum Gasteiger partial charge on any atom is 0.243 e. The normalized spacial score (nSPS) is 15.4. The van der Waals surface area contributed by atoms with Crippen LogP contribution in [0.4, 0.5) is 0 Å². The van der Waals surface area contributed by atoms with E-state index in [9.17, 15) is 18.0 Å². The van der Waals surface area contributed by atoms with Gasteiger partial charge in [-0.2, -0.15) is 0 Å². The topological polar surface area (TPSA) is 86.8 Å². The van der Waals surface area contributed by atoms with Gasteiger partial charge in [0.05, 0.1) is 4.90 Å². The van der Waals surface area contributed by atoms with Crippen molar-refractivity contribution in [1.29, 1.82) is 0 Å². The molecule has 0 aromatic heterocycles. The van der Waals surface area contributed by atoms with Crippen LogP contribution in [0.25, 0.3) is 0 Å². The first-order chi connectivity index (χ1) is 17.7. The van der Waals surface area contributed by atoms with Crippen LogP contribution in [0.5, 0.6) is 0 Å². The molecule has 1 fully saturated rings. The van der Waals surface area contributed by atoms with E-state index in [4.69, 9.17) is 0 Å². The van der Waals surface area contributed by atoms with Gasteiger partial charge in [-0.05, 0) is 50.3 Å². The van der Waals surface area contributed by atoms with Gasteiger partial charge in [0.2, 0.25) is 21.8 Å². The summed E-state index contributed by atoms with van der Waals surface area (Å²) in [7, 11) is -2.09. The van der Waals surface area contributed by atoms with Gasteiger partial charge < -0.3 is 10.2 Å². The fourth-order valence-electron chi connectivity index (χ4n) is 4.96. The van der Waals surface area contributed by atoms with E-state index in [1.807, 2.05) is 38.1 Å². The molecule has 1 aliphatic carbocycles. The Bertz CT molecular complexity index is 1130. The molecule has 1 N–H and O–H groups in total. The van der Waals surface area contributed by atoms with E-state index in [2.05, 4.69) is 5.32 Å². The molecule has 202 valence electrons. The Labute approximate surface area is 222 Å². The number of sulfonamides is 1. The number of aryl methyl sites for hydroxylation is 1. The van der Waals surface area contributed by atoms with Crippen LogP contribution < -0.4 is 5.32 Å². The van der Waals surface area contributed by atoms with Gasteiger partial charge in [0.1, 0.15) is 6.04 Å². The summed E-state index contributed by atoms with van der Waals surface area (Å²) < 4.78 is 26.9. The molecule has 3 rings (SSSR count). The molecular weight excluding hydrogens is 486 g/mol. The minimum absolute atomic E-state index is 0.0980. The molecule has 8 heteroatoms. The maximum atomic E-state index is 13.5. The highest BCUT2D eigenvalue weighted by Crippen LogP contribution is 2.20. The highest BCUT2D eigenvalue weighted by atomic mass is 32.2. The van der Waals surface area contributed by atoms with Crippen LogP contribution >= 0.6 is 0 Å². The second-order valence-electron chi connectivity index (χ2n) is 10.0. The average Bonchev–Trinajstić information content (AvgIpc) is 2.89. The summed E-state index contributed by atoms with van der Waals surface area (Å²) >= 11 is 0. The summed E-state index contributed by atoms with van der Waals surface area (Å²) in [6.45, 7) is 4.50. The number of amides is 2. The molecule has 2 amide bonds. The van der Waals surface area contributed by atoms with Crippen LogP contribution in [0.1, 0.15) is 69.4 Å². The largest absolute Gasteiger partial charge is 0.352 e. The van der Waals surface area contributed by atoms with Crippen molar-refractivity contribution in [2.75, 3.05) is 13.6 Å². The lowest BCUT2D eigenvalue weighted by Gasteiger charge is -2.33. The van der Waals surface area contributed by atoms with Crippen molar-refractivity contribution in [2.45, 2.75) is 88.7 Å². The first-order valence-electron chi connectivity index (χ1n) is 13.4. The molecule has 0 bridgehead atoms. The van der Waals surface area contributed by atoms with Crippen LogP contribution in [-0.2, 0) is 26.2 Å². The lowest BCUT2D eigenvalue weighted by Crippen LogP contribution is -2.51. The van der Waals surface area contributed by atoms with E-state index in [-0.39, 0.29) is 35.7 Å². The molecule has 0 heterocycles. The zero-order valence-electron chi connectivity index (χ0n) is 22.4. The second kappa shape index (κ2) is 13.7. The molecule has 0 radical (unpaired) electrons. The number of benzene rings is 2. The number of hydrogen-bond acceptors (Lipinski definition) is 4. The van der Waals surface area contributed by atoms with Crippen molar-refractivity contribution in [2.24, 2.45) is 0 Å². The van der Waals surface area contributed by atoms with Crippen LogP contribution in [0.15, 0.2) is 59.5 Å². The number of carbonyl (C=O) groups is 2. The Morgan fingerprint density at radius 1 is 1.03 bits per heavy atom. The lowest BCUT2D eigenvalue weighted by molar-refractivity contribution is -0.141. The van der Waals surface area contributed by atoms with E-state index in [0.29, 0.717) is 19.4 Å². The molecule has 1 saturated carbocycles. The number of rotatable bonds is 12. The number of hydrogen-bond donors (Lipinski definition) is 1. The van der Waals surface area contributed by atoms with Crippen LogP contribution in [0, 0.1) is 6.92 Å². The molecule has 2 aromatic carbocycles. The van der Waals surface area contributed by atoms with Crippen molar-refractivity contribution in [3.8, 4) is 0 Å². The van der Waals surface area contributed by atoms with Crippen molar-refractivity contribution in [3.63, 3.8) is 0 Å². The zero-order chi connectivity index (χ0) is 26.8. The maximum absolute atomic E-state index is 13.5. The minimum Gasteiger partial charge on any atom is -0.352 e. The van der Waals surface area contributed by atoms with Crippen LogP contribution in [-0.4, -0.2) is 55.1 Å². The fourth-order valence-corrected chi connectivity index (χ4v) is 6.19. The Balaban J connectivity index is 1.69. The molecule has 0 aliphatic heterocycles. The summed E-state index contributed by atoms with van der Waals surface area (Å²) in [4.78, 5) is 28.7. The van der Waals surface area contributed by atoms with Crippen molar-refractivity contribution < 1.29 is 18.0 Å². The standard InChI is InChI=1S/C29H41N3O4S/c1-4-27(29(34)30-25-15-7-5-8-16-25)32(22-24-14-11-13-23(2)21-24)28(33)19-12-20-31(3)37(35,36)26-17-9-6-10-18-26/h6,9-11,13-14,17-18,21,25,27H,4-5,7-8,12,15-16,19-20,22H2,1-3H3,(H,30,34)/t27-/m0/s1. The molecule has 0 saturated heterocycles. The lowest BCUT2D eigenvalue weighted by atomic mass is 9.95. The van der Waals surface area contributed by atoms with Gasteiger partial charge >= 0.3 is 0 Å². The van der Waals surface area contributed by atoms with Gasteiger partial charge in [-0.1, -0.05) is 74.2 Å². The van der Waals surface area contributed by atoms with Crippen molar-refractivity contribution in [1.82, 2.24) is 14.5 Å². The van der Waals surface area contributed by atoms with Gasteiger partial charge in [-0.15, -0.1) is 0 Å². The van der Waals surface area contributed by atoms with E-state index >= 15 is 0 Å². The third-order valence-corrected chi connectivity index (χ3v) is 8.96. The summed E-state index contributed by atoms with van der Waals surface area (Å²) in [5.41, 5.74) is 2.07. The first kappa shape index (κ1) is 28.9. The predicted molar refractivity (Wildman–Crippen MR) is 146 cm³/mol. The summed E-state index contributed by atoms with van der Waals surface area (Å²) in [6.07, 6.45) is 6.45. The molecule has 7 nitrogen and oxygen atoms in total. The first-order valence-corrected chi connectivity index (χ1v) is 14.8. The highest BCUT2D eigenvalue weighted by molar-refractivity contribution is 7.89. The Morgan fingerprint density at radius 3 is 2.38 bits per heavy atom. The van der Waals surface area contributed by atoms with E-state index in [0.717, 1.165) is 36.8 Å². The Morgan fingerprint density at radius 2 is 1.73 bits per heavy atom. The average molecular weight is 528 g/mol. The quantitative estimate of drug-likeness (QED) is 0.435. The van der Waals surface area contributed by atoms with Gasteiger partial charge in [-0.3, -0.25) is 9.59 Å². The molecule has 37 heavy (non-hydrogen) atoms. The number of nitrogens with zero attached hydrogens (tertiary/aromatic N) is 2. The van der Waals surface area contributed by atoms with Gasteiger partial charge in [0, 0.05) is 32.6 Å². The highest BCUT2D eigenvalue weighted by Gasteiger charge is 2.30. The number of carbonyl (C=O) groups excluding carboxylic acids is 2. The Kier molecular flexibility index (Phi) is 10.7. The monoisotopic (exact) mass is 527 g/mol. The molecule has 0 unspecified atom stereocenters. The Hall–Kier alpha value is -2.71. The van der Waals surface area contributed by atoms with Crippen molar-refractivity contribution >= 4 is 21.8 Å². The summed E-state index contributed by atoms with van der Waals surface area (Å²) in [6, 6.07) is 15.9.